The van der Waals surface area contributed by atoms with Crippen molar-refractivity contribution in [3.8, 4) is 11.5 Å². The topological polar surface area (TPSA) is 90.3 Å². The first-order valence-electron chi connectivity index (χ1n) is 9.70. The van der Waals surface area contributed by atoms with Crippen molar-refractivity contribution in [2.45, 2.75) is 12.5 Å². The fourth-order valence-electron chi connectivity index (χ4n) is 3.60. The van der Waals surface area contributed by atoms with Crippen molar-refractivity contribution in [2.75, 3.05) is 34.3 Å². The number of hydrogen-bond donors (Lipinski definition) is 2. The number of amides is 1. The van der Waals surface area contributed by atoms with Gasteiger partial charge in [0.15, 0.2) is 0 Å². The van der Waals surface area contributed by atoms with Gasteiger partial charge in [-0.1, -0.05) is 24.3 Å². The number of aliphatic hydroxyl groups excluding tert-OH is 1. The van der Waals surface area contributed by atoms with Gasteiger partial charge in [0.25, 0.3) is 11.7 Å². The number of phenols is 1. The van der Waals surface area contributed by atoms with Crippen molar-refractivity contribution in [2.24, 2.45) is 0 Å². The van der Waals surface area contributed by atoms with Crippen LogP contribution in [0.25, 0.3) is 5.76 Å². The van der Waals surface area contributed by atoms with E-state index in [4.69, 9.17) is 4.74 Å². The number of carbonyl (C=O) groups is 2. The number of aliphatic hydroxyl groups is 1. The molecule has 2 aromatic rings. The van der Waals surface area contributed by atoms with Crippen molar-refractivity contribution >= 4 is 17.4 Å². The first-order valence-corrected chi connectivity index (χ1v) is 9.70. The number of ether oxygens (including phenoxy) is 1. The van der Waals surface area contributed by atoms with Crippen LogP contribution in [0, 0.1) is 0 Å². The van der Waals surface area contributed by atoms with Gasteiger partial charge in [0.2, 0.25) is 0 Å². The molecule has 7 nitrogen and oxygen atoms in total. The summed E-state index contributed by atoms with van der Waals surface area (Å²) in [6.07, 6.45) is 0.674. The summed E-state index contributed by atoms with van der Waals surface area (Å²) < 4.78 is 5.21. The van der Waals surface area contributed by atoms with E-state index in [1.54, 1.807) is 36.4 Å². The van der Waals surface area contributed by atoms with Crippen LogP contribution in [0.3, 0.4) is 0 Å². The molecule has 158 valence electrons. The molecular weight excluding hydrogens is 384 g/mol. The van der Waals surface area contributed by atoms with E-state index in [0.29, 0.717) is 29.8 Å². The van der Waals surface area contributed by atoms with Gasteiger partial charge in [-0.05, 0) is 56.9 Å². The van der Waals surface area contributed by atoms with Gasteiger partial charge in [0.05, 0.1) is 18.7 Å². The summed E-state index contributed by atoms with van der Waals surface area (Å²) in [5, 5.41) is 20.7. The fraction of sp³-hybridized carbons (Fsp3) is 0.304. The smallest absolute Gasteiger partial charge is 0.295 e. The highest BCUT2D eigenvalue weighted by atomic mass is 16.5. The van der Waals surface area contributed by atoms with Gasteiger partial charge in [-0.25, -0.2) is 0 Å². The number of benzene rings is 2. The molecule has 3 rings (SSSR count). The number of nitrogens with zero attached hydrogens (tertiary/aromatic N) is 2. The van der Waals surface area contributed by atoms with Crippen molar-refractivity contribution in [1.82, 2.24) is 9.80 Å². The maximum absolute atomic E-state index is 12.9. The van der Waals surface area contributed by atoms with Crippen molar-refractivity contribution in [3.05, 3.63) is 65.2 Å². The average molecular weight is 410 g/mol. The normalized spacial score (nSPS) is 18.3. The maximum Gasteiger partial charge on any atom is 0.295 e. The zero-order chi connectivity index (χ0) is 21.8. The molecule has 1 aliphatic rings. The Kier molecular flexibility index (Phi) is 6.42. The second-order valence-electron chi connectivity index (χ2n) is 7.47. The summed E-state index contributed by atoms with van der Waals surface area (Å²) in [5.41, 5.74) is 1.06. The minimum atomic E-state index is -0.737. The zero-order valence-corrected chi connectivity index (χ0v) is 17.3. The van der Waals surface area contributed by atoms with Crippen molar-refractivity contribution in [1.29, 1.82) is 0 Å². The Labute approximate surface area is 175 Å². The molecule has 2 N–H and O–H groups in total. The fourth-order valence-corrected chi connectivity index (χ4v) is 3.60. The molecule has 0 aromatic heterocycles. The Morgan fingerprint density at radius 1 is 1.13 bits per heavy atom. The van der Waals surface area contributed by atoms with Crippen LogP contribution in [0.2, 0.25) is 0 Å². The van der Waals surface area contributed by atoms with E-state index in [-0.39, 0.29) is 17.1 Å². The number of methoxy groups -OCH3 is 1. The molecule has 1 aliphatic heterocycles. The van der Waals surface area contributed by atoms with Gasteiger partial charge in [-0.2, -0.15) is 0 Å². The van der Waals surface area contributed by atoms with Crippen molar-refractivity contribution in [3.63, 3.8) is 0 Å². The minimum Gasteiger partial charge on any atom is -0.508 e. The molecule has 1 saturated heterocycles. The number of Topliss-reactive ketones (excluding diaryl/α,β-unsaturated/α-hetero) is 1. The maximum atomic E-state index is 12.9. The highest BCUT2D eigenvalue weighted by molar-refractivity contribution is 6.46. The summed E-state index contributed by atoms with van der Waals surface area (Å²) in [6, 6.07) is 12.3. The van der Waals surface area contributed by atoms with Crippen LogP contribution >= 0.6 is 0 Å². The predicted octanol–water partition coefficient (Wildman–Crippen LogP) is 2.77. The van der Waals surface area contributed by atoms with E-state index in [0.717, 1.165) is 6.54 Å². The molecule has 7 heteroatoms. The molecule has 1 amide bonds. The molecule has 0 bridgehead atoms. The summed E-state index contributed by atoms with van der Waals surface area (Å²) in [5.74, 6) is -1.01. The van der Waals surface area contributed by atoms with Gasteiger partial charge < -0.3 is 24.7 Å². The van der Waals surface area contributed by atoms with E-state index in [9.17, 15) is 19.8 Å². The molecule has 30 heavy (non-hydrogen) atoms. The molecular formula is C23H26N2O5. The minimum absolute atomic E-state index is 0.0313. The third-order valence-corrected chi connectivity index (χ3v) is 5.10. The van der Waals surface area contributed by atoms with Gasteiger partial charge in [-0.15, -0.1) is 0 Å². The van der Waals surface area contributed by atoms with Crippen LogP contribution in [-0.4, -0.2) is 66.0 Å². The molecule has 0 spiro atoms. The van der Waals surface area contributed by atoms with Crippen LogP contribution in [-0.2, 0) is 9.59 Å². The summed E-state index contributed by atoms with van der Waals surface area (Å²) in [4.78, 5) is 29.3. The number of phenolic OH excluding ortho intramolecular Hbond substituents is 1. The summed E-state index contributed by atoms with van der Waals surface area (Å²) in [6.45, 7) is 1.12. The molecule has 2 aromatic carbocycles. The Morgan fingerprint density at radius 3 is 2.47 bits per heavy atom. The Hall–Kier alpha value is -3.32. The first kappa shape index (κ1) is 21.4. The van der Waals surface area contributed by atoms with E-state index < -0.39 is 17.7 Å². The summed E-state index contributed by atoms with van der Waals surface area (Å²) in [7, 11) is 5.39. The number of ketones is 1. The van der Waals surface area contributed by atoms with Gasteiger partial charge in [0.1, 0.15) is 17.3 Å². The third kappa shape index (κ3) is 4.31. The molecule has 1 atom stereocenters. The highest BCUT2D eigenvalue weighted by Gasteiger charge is 2.45. The average Bonchev–Trinajstić information content (AvgIpc) is 2.98. The highest BCUT2D eigenvalue weighted by Crippen LogP contribution is 2.40. The molecule has 0 saturated carbocycles. The number of rotatable bonds is 7. The molecule has 1 unspecified atom stereocenters. The van der Waals surface area contributed by atoms with Gasteiger partial charge >= 0.3 is 0 Å². The van der Waals surface area contributed by atoms with E-state index >= 15 is 0 Å². The third-order valence-electron chi connectivity index (χ3n) is 5.10. The second kappa shape index (κ2) is 9.00. The van der Waals surface area contributed by atoms with E-state index in [1.807, 2.05) is 19.0 Å². The van der Waals surface area contributed by atoms with Gasteiger partial charge in [0, 0.05) is 12.1 Å². The number of likely N-dealkylation sites (tertiary alicyclic amines) is 1. The zero-order valence-electron chi connectivity index (χ0n) is 17.3. The first-order chi connectivity index (χ1) is 14.3. The SMILES string of the molecule is COc1cccc(C(O)=C2C(=O)C(=O)N(CCCN(C)C)C2c2ccc(O)cc2)c1. The molecule has 0 radical (unpaired) electrons. The van der Waals surface area contributed by atoms with Crippen LogP contribution in [0.4, 0.5) is 0 Å². The number of carbonyl (C=O) groups excluding carboxylic acids is 2. The largest absolute Gasteiger partial charge is 0.508 e. The predicted molar refractivity (Wildman–Crippen MR) is 113 cm³/mol. The monoisotopic (exact) mass is 410 g/mol. The molecule has 1 heterocycles. The van der Waals surface area contributed by atoms with Crippen molar-refractivity contribution < 1.29 is 24.5 Å². The summed E-state index contributed by atoms with van der Waals surface area (Å²) >= 11 is 0. The van der Waals surface area contributed by atoms with Crippen LogP contribution in [0.5, 0.6) is 11.5 Å². The number of aromatic hydroxyl groups is 1. The standard InChI is InChI=1S/C23H26N2O5/c1-24(2)12-5-13-25-20(15-8-10-17(26)11-9-15)19(22(28)23(25)29)21(27)16-6-4-7-18(14-16)30-3/h4,6-11,14,20,26-27H,5,12-13H2,1-3H3. The van der Waals surface area contributed by atoms with Crippen LogP contribution < -0.4 is 4.74 Å². The molecule has 0 aliphatic carbocycles. The number of hydrogen-bond acceptors (Lipinski definition) is 6. The Morgan fingerprint density at radius 2 is 1.83 bits per heavy atom. The lowest BCUT2D eigenvalue weighted by Gasteiger charge is -2.26. The van der Waals surface area contributed by atoms with Gasteiger partial charge in [-0.3, -0.25) is 9.59 Å². The molecule has 1 fully saturated rings. The van der Waals surface area contributed by atoms with Crippen LogP contribution in [0.15, 0.2) is 54.1 Å². The second-order valence-corrected chi connectivity index (χ2v) is 7.47. The lowest BCUT2D eigenvalue weighted by Crippen LogP contribution is -2.32. The lowest BCUT2D eigenvalue weighted by molar-refractivity contribution is -0.139. The van der Waals surface area contributed by atoms with E-state index in [1.165, 1.54) is 24.1 Å². The quantitative estimate of drug-likeness (QED) is 0.414. The van der Waals surface area contributed by atoms with E-state index in [2.05, 4.69) is 0 Å². The Bertz CT molecular complexity index is 966. The Balaban J connectivity index is 2.09. The lowest BCUT2D eigenvalue weighted by atomic mass is 9.95. The van der Waals surface area contributed by atoms with Crippen LogP contribution in [0.1, 0.15) is 23.6 Å².